The van der Waals surface area contributed by atoms with Crippen LogP contribution in [-0.2, 0) is 6.54 Å². The molecular formula is C13H15BrN4O. The van der Waals surface area contributed by atoms with Crippen molar-refractivity contribution in [1.82, 2.24) is 15.1 Å². The lowest BCUT2D eigenvalue weighted by Crippen LogP contribution is -2.36. The van der Waals surface area contributed by atoms with Gasteiger partial charge in [-0.05, 0) is 47.1 Å². The molecule has 1 unspecified atom stereocenters. The highest BCUT2D eigenvalue weighted by molar-refractivity contribution is 9.10. The molecule has 19 heavy (non-hydrogen) atoms. The second-order valence-electron chi connectivity index (χ2n) is 4.34. The van der Waals surface area contributed by atoms with Crippen molar-refractivity contribution in [2.75, 3.05) is 5.73 Å². The van der Waals surface area contributed by atoms with Gasteiger partial charge in [0.25, 0.3) is 5.91 Å². The third-order valence-corrected chi connectivity index (χ3v) is 3.32. The van der Waals surface area contributed by atoms with Gasteiger partial charge in [0.1, 0.15) is 0 Å². The maximum Gasteiger partial charge on any atom is 0.252 e. The van der Waals surface area contributed by atoms with E-state index in [4.69, 9.17) is 5.73 Å². The third-order valence-electron chi connectivity index (χ3n) is 2.63. The first-order valence-corrected chi connectivity index (χ1v) is 6.69. The van der Waals surface area contributed by atoms with Crippen molar-refractivity contribution >= 4 is 27.5 Å². The van der Waals surface area contributed by atoms with Crippen molar-refractivity contribution < 1.29 is 4.79 Å². The Morgan fingerprint density at radius 1 is 1.58 bits per heavy atom. The number of hydrogen-bond acceptors (Lipinski definition) is 3. The highest BCUT2D eigenvalue weighted by Crippen LogP contribution is 2.19. The number of carbonyl (C=O) groups excluding carboxylic acids is 1. The summed E-state index contributed by atoms with van der Waals surface area (Å²) < 4.78 is 2.50. The summed E-state index contributed by atoms with van der Waals surface area (Å²) in [7, 11) is 0. The molecule has 2 rings (SSSR count). The predicted molar refractivity (Wildman–Crippen MR) is 77.7 cm³/mol. The summed E-state index contributed by atoms with van der Waals surface area (Å²) in [6.45, 7) is 2.55. The SMILES string of the molecule is CC(Cn1cccn1)NC(=O)c1cc(N)ccc1Br. The number of aromatic nitrogens is 2. The summed E-state index contributed by atoms with van der Waals surface area (Å²) in [5.41, 5.74) is 6.79. The Morgan fingerprint density at radius 2 is 2.37 bits per heavy atom. The van der Waals surface area contributed by atoms with E-state index in [2.05, 4.69) is 26.3 Å². The molecule has 1 aromatic carbocycles. The number of carbonyl (C=O) groups is 1. The smallest absolute Gasteiger partial charge is 0.252 e. The average Bonchev–Trinajstić information content (AvgIpc) is 2.84. The summed E-state index contributed by atoms with van der Waals surface area (Å²) in [5.74, 6) is -0.154. The number of nitrogens with two attached hydrogens (primary N) is 1. The summed E-state index contributed by atoms with van der Waals surface area (Å²) in [6, 6.07) is 6.99. The van der Waals surface area contributed by atoms with Crippen LogP contribution in [0.15, 0.2) is 41.1 Å². The van der Waals surface area contributed by atoms with E-state index < -0.39 is 0 Å². The number of nitrogen functional groups attached to an aromatic ring is 1. The topological polar surface area (TPSA) is 72.9 Å². The second kappa shape index (κ2) is 5.88. The Labute approximate surface area is 119 Å². The Kier molecular flexibility index (Phi) is 4.21. The summed E-state index contributed by atoms with van der Waals surface area (Å²) in [6.07, 6.45) is 3.57. The highest BCUT2D eigenvalue weighted by Gasteiger charge is 2.13. The van der Waals surface area contributed by atoms with Gasteiger partial charge in [-0.25, -0.2) is 0 Å². The molecule has 1 atom stereocenters. The molecule has 5 nitrogen and oxygen atoms in total. The van der Waals surface area contributed by atoms with Gasteiger partial charge < -0.3 is 11.1 Å². The van der Waals surface area contributed by atoms with Crippen molar-refractivity contribution in [3.63, 3.8) is 0 Å². The number of benzene rings is 1. The van der Waals surface area contributed by atoms with Crippen LogP contribution in [0.4, 0.5) is 5.69 Å². The van der Waals surface area contributed by atoms with Gasteiger partial charge in [-0.3, -0.25) is 9.48 Å². The van der Waals surface area contributed by atoms with Crippen LogP contribution in [0.25, 0.3) is 0 Å². The van der Waals surface area contributed by atoms with Crippen LogP contribution in [-0.4, -0.2) is 21.7 Å². The van der Waals surface area contributed by atoms with Crippen LogP contribution in [0, 0.1) is 0 Å². The zero-order valence-electron chi connectivity index (χ0n) is 10.5. The summed E-state index contributed by atoms with van der Waals surface area (Å²) in [5, 5.41) is 7.02. The molecule has 6 heteroatoms. The van der Waals surface area contributed by atoms with Gasteiger partial charge in [0.05, 0.1) is 12.1 Å². The average molecular weight is 323 g/mol. The van der Waals surface area contributed by atoms with Gasteiger partial charge in [0.15, 0.2) is 0 Å². The predicted octanol–water partition coefficient (Wildman–Crippen LogP) is 2.05. The van der Waals surface area contributed by atoms with Gasteiger partial charge in [0, 0.05) is 28.6 Å². The zero-order valence-corrected chi connectivity index (χ0v) is 12.1. The van der Waals surface area contributed by atoms with Crippen molar-refractivity contribution in [1.29, 1.82) is 0 Å². The van der Waals surface area contributed by atoms with Crippen LogP contribution in [0.3, 0.4) is 0 Å². The maximum absolute atomic E-state index is 12.1. The van der Waals surface area contributed by atoms with Gasteiger partial charge in [-0.1, -0.05) is 0 Å². The minimum atomic E-state index is -0.154. The van der Waals surface area contributed by atoms with Crippen molar-refractivity contribution in [3.8, 4) is 0 Å². The van der Waals surface area contributed by atoms with E-state index in [1.54, 1.807) is 29.1 Å². The molecule has 0 fully saturated rings. The Morgan fingerprint density at radius 3 is 3.05 bits per heavy atom. The molecule has 0 saturated heterocycles. The molecule has 0 spiro atoms. The molecule has 3 N–H and O–H groups in total. The Bertz CT molecular complexity index is 568. The van der Waals surface area contributed by atoms with Crippen molar-refractivity contribution in [3.05, 3.63) is 46.7 Å². The minimum absolute atomic E-state index is 0.0271. The Hall–Kier alpha value is -1.82. The molecule has 0 bridgehead atoms. The number of anilines is 1. The third kappa shape index (κ3) is 3.57. The lowest BCUT2D eigenvalue weighted by Gasteiger charge is -2.15. The first-order chi connectivity index (χ1) is 9.06. The normalized spacial score (nSPS) is 12.1. The number of nitrogens with zero attached hydrogens (tertiary/aromatic N) is 2. The number of halogens is 1. The van der Waals surface area contributed by atoms with E-state index in [9.17, 15) is 4.79 Å². The molecular weight excluding hydrogens is 308 g/mol. The molecule has 0 aliphatic carbocycles. The molecule has 0 aliphatic rings. The molecule has 0 saturated carbocycles. The summed E-state index contributed by atoms with van der Waals surface area (Å²) in [4.78, 5) is 12.1. The summed E-state index contributed by atoms with van der Waals surface area (Å²) >= 11 is 3.35. The quantitative estimate of drug-likeness (QED) is 0.846. The molecule has 100 valence electrons. The number of rotatable bonds is 4. The first-order valence-electron chi connectivity index (χ1n) is 5.89. The fourth-order valence-corrected chi connectivity index (χ4v) is 2.18. The molecule has 0 aliphatic heterocycles. The van der Waals surface area contributed by atoms with Crippen molar-refractivity contribution in [2.24, 2.45) is 0 Å². The number of amides is 1. The molecule has 2 aromatic rings. The van der Waals surface area contributed by atoms with Crippen LogP contribution >= 0.6 is 15.9 Å². The monoisotopic (exact) mass is 322 g/mol. The van der Waals surface area contributed by atoms with Crippen LogP contribution in [0.2, 0.25) is 0 Å². The minimum Gasteiger partial charge on any atom is -0.399 e. The van der Waals surface area contributed by atoms with Crippen LogP contribution < -0.4 is 11.1 Å². The molecule has 0 radical (unpaired) electrons. The van der Waals surface area contributed by atoms with E-state index in [1.165, 1.54) is 0 Å². The lowest BCUT2D eigenvalue weighted by molar-refractivity contribution is 0.0935. The molecule has 1 aromatic heterocycles. The Balaban J connectivity index is 2.02. The fraction of sp³-hybridized carbons (Fsp3) is 0.231. The molecule has 1 heterocycles. The number of hydrogen-bond donors (Lipinski definition) is 2. The maximum atomic E-state index is 12.1. The largest absolute Gasteiger partial charge is 0.399 e. The van der Waals surface area contributed by atoms with Gasteiger partial charge in [-0.2, -0.15) is 5.10 Å². The second-order valence-corrected chi connectivity index (χ2v) is 5.20. The fourth-order valence-electron chi connectivity index (χ4n) is 1.75. The molecule has 1 amide bonds. The van der Waals surface area contributed by atoms with Gasteiger partial charge in [0.2, 0.25) is 0 Å². The highest BCUT2D eigenvalue weighted by atomic mass is 79.9. The van der Waals surface area contributed by atoms with Gasteiger partial charge in [-0.15, -0.1) is 0 Å². The van der Waals surface area contributed by atoms with Crippen molar-refractivity contribution in [2.45, 2.75) is 19.5 Å². The standard InChI is InChI=1S/C13H15BrN4O/c1-9(8-18-6-2-5-16-18)17-13(19)11-7-10(15)3-4-12(11)14/h2-7,9H,8,15H2,1H3,(H,17,19). The first kappa shape index (κ1) is 13.6. The van der Waals surface area contributed by atoms with E-state index >= 15 is 0 Å². The van der Waals surface area contributed by atoms with E-state index in [0.717, 1.165) is 4.47 Å². The van der Waals surface area contributed by atoms with E-state index in [1.807, 2.05) is 19.2 Å². The van der Waals surface area contributed by atoms with E-state index in [-0.39, 0.29) is 11.9 Å². The van der Waals surface area contributed by atoms with Gasteiger partial charge >= 0.3 is 0 Å². The zero-order chi connectivity index (χ0) is 13.8. The van der Waals surface area contributed by atoms with Crippen LogP contribution in [0.5, 0.6) is 0 Å². The number of nitrogens with one attached hydrogen (secondary N) is 1. The van der Waals surface area contributed by atoms with Crippen LogP contribution in [0.1, 0.15) is 17.3 Å². The lowest BCUT2D eigenvalue weighted by atomic mass is 10.2. The van der Waals surface area contributed by atoms with E-state index in [0.29, 0.717) is 17.8 Å².